The van der Waals surface area contributed by atoms with Gasteiger partial charge in [-0.15, -0.1) is 0 Å². The van der Waals surface area contributed by atoms with Gasteiger partial charge < -0.3 is 143 Å². The van der Waals surface area contributed by atoms with Gasteiger partial charge in [0.05, 0.1) is 70.6 Å². The van der Waals surface area contributed by atoms with Crippen molar-refractivity contribution in [3.8, 4) is 0 Å². The molecule has 0 radical (unpaired) electrons. The standard InChI is InChI=1S/C11H14FN5O3.C11H15N5O3.C10H13F2N3O3.C10H13FN2O4.C10H15N3O4.C9H14N4O3/c1-4-15-9(13)7-10(16-4)17(3-14-7)11-6(12)8(19)5(2-18)20-11;1-5-14-10(12)9-11(15-5)16(4-13-9)8-2-6(18)7(3-17)19-8;1-5-14-7(13)2-3-15(5)9-10(11,12)8(17)6(4-16)18-9;1-5-12-10(16)6(11)3-13(5)9-2-7(15)8(4-14)17-9;1-5-12-7(11)2-3-13(5)10-9(16)8(15)6(4-14)17-10;1-5-12-9(10)11-4-13(5)8-2-6(15)7(3-14)16-8/h3,5-6,8,11,18-19H,2H2,1H3,(H2,13,15,16);4,6-8,17-18H,2-3H2,1H3,(H2,12,14,15);2-3,6,8-9,16-17H,1,4H2,(H2,13,14);3,7-9,14-15H,1-2,4H2,(H,12,16);2-3,6,8-10,14-16H,1,4H2,(H2,11,12);4,6-8,14-15H,1-3H2,(H2,10,12). The molecule has 20 unspecified atom stereocenters. The van der Waals surface area contributed by atoms with Crippen LogP contribution in [0.2, 0.25) is 0 Å². The van der Waals surface area contributed by atoms with Crippen molar-refractivity contribution in [2.24, 2.45) is 37.2 Å². The topological polar surface area (TPSA) is 627 Å². The molecular formula is C61H84F4N22O20. The van der Waals surface area contributed by atoms with Gasteiger partial charge in [0, 0.05) is 37.9 Å². The van der Waals surface area contributed by atoms with Gasteiger partial charge in [-0.25, -0.2) is 49.3 Å². The normalized spacial score (nSPS) is 32.8. The number of nitrogen functional groups attached to an aromatic ring is 2. The lowest BCUT2D eigenvalue weighted by molar-refractivity contribution is -0.148. The van der Waals surface area contributed by atoms with Gasteiger partial charge >= 0.3 is 5.92 Å². The molecule has 0 aromatic carbocycles. The molecule has 6 fully saturated rings. The molecule has 4 aromatic heterocycles. The number of carbonyl (C=O) groups is 1. The number of aromatic nitrogens is 8. The van der Waals surface area contributed by atoms with E-state index in [2.05, 4.69) is 81.5 Å². The molecule has 10 aliphatic heterocycles. The fraction of sp³-hybridized carbons (Fsp3) is 0.525. The largest absolute Gasteiger partial charge is 0.394 e. The van der Waals surface area contributed by atoms with Crippen molar-refractivity contribution < 1.29 is 117 Å². The summed E-state index contributed by atoms with van der Waals surface area (Å²) >= 11 is 0. The highest BCUT2D eigenvalue weighted by atomic mass is 19.3. The third-order valence-electron chi connectivity index (χ3n) is 17.4. The number of nitrogens with one attached hydrogen (secondary N) is 1. The van der Waals surface area contributed by atoms with Crippen LogP contribution in [-0.4, -0.2) is 311 Å². The smallest absolute Gasteiger partial charge is 0.320 e. The highest BCUT2D eigenvalue weighted by Crippen LogP contribution is 2.41. The summed E-state index contributed by atoms with van der Waals surface area (Å²) in [5, 5.41) is 123. The maximum atomic E-state index is 14.1. The molecule has 0 bridgehead atoms. The Balaban J connectivity index is 0.000000149. The highest BCUT2D eigenvalue weighted by Gasteiger charge is 2.61. The van der Waals surface area contributed by atoms with Crippen molar-refractivity contribution in [3.05, 3.63) is 110 Å². The Bertz CT molecular complexity index is 4120. The van der Waals surface area contributed by atoms with Crippen molar-refractivity contribution in [2.75, 3.05) is 51.1 Å². The molecule has 6 saturated heterocycles. The zero-order chi connectivity index (χ0) is 78.4. The fourth-order valence-corrected chi connectivity index (χ4v) is 11.8. The molecule has 0 spiro atoms. The van der Waals surface area contributed by atoms with Crippen molar-refractivity contribution >= 4 is 63.8 Å². The second kappa shape index (κ2) is 34.7. The molecular weight excluding hydrogens is 1440 g/mol. The van der Waals surface area contributed by atoms with Crippen molar-refractivity contribution in [1.29, 1.82) is 0 Å². The molecule has 10 aliphatic rings. The zero-order valence-electron chi connectivity index (χ0n) is 57.1. The number of hydrogen-bond acceptors (Lipinski definition) is 39. The molecule has 14 heterocycles. The predicted octanol–water partition coefficient (Wildman–Crippen LogP) is -6.14. The number of anilines is 2. The number of halogens is 4. The number of ether oxygens (including phenoxy) is 6. The highest BCUT2D eigenvalue weighted by molar-refractivity contribution is 5.94. The Morgan fingerprint density at radius 3 is 1.47 bits per heavy atom. The summed E-state index contributed by atoms with van der Waals surface area (Å²) in [7, 11) is 0. The van der Waals surface area contributed by atoms with Crippen molar-refractivity contribution in [3.63, 3.8) is 0 Å². The lowest BCUT2D eigenvalue weighted by Gasteiger charge is -2.31. The van der Waals surface area contributed by atoms with Gasteiger partial charge in [0.15, 0.2) is 47.7 Å². The first-order valence-corrected chi connectivity index (χ1v) is 32.5. The number of rotatable bonds is 12. The number of aliphatic hydroxyl groups excluding tert-OH is 13. The second-order valence-corrected chi connectivity index (χ2v) is 24.7. The number of fused-ring (bicyclic) bond motifs is 2. The van der Waals surface area contributed by atoms with E-state index < -0.39 is 154 Å². The monoisotopic (exact) mass is 1520 g/mol. The number of alkyl halides is 3. The zero-order valence-corrected chi connectivity index (χ0v) is 57.1. The fourth-order valence-electron chi connectivity index (χ4n) is 11.8. The van der Waals surface area contributed by atoms with E-state index in [1.165, 1.54) is 45.4 Å². The molecule has 107 heavy (non-hydrogen) atoms. The minimum Gasteiger partial charge on any atom is -0.394 e. The van der Waals surface area contributed by atoms with E-state index in [4.69, 9.17) is 87.7 Å². The first-order chi connectivity index (χ1) is 50.7. The number of hydrogen-bond donors (Lipinski definition) is 19. The van der Waals surface area contributed by atoms with Crippen LogP contribution in [-0.2, 0) is 33.2 Å². The molecule has 586 valence electrons. The lowest BCUT2D eigenvalue weighted by atomic mass is 10.1. The van der Waals surface area contributed by atoms with E-state index in [1.807, 2.05) is 0 Å². The van der Waals surface area contributed by atoms with Crippen LogP contribution >= 0.6 is 0 Å². The van der Waals surface area contributed by atoms with Gasteiger partial charge in [-0.05, 0) is 26.0 Å². The first-order valence-electron chi connectivity index (χ1n) is 32.5. The van der Waals surface area contributed by atoms with E-state index in [0.29, 0.717) is 70.1 Å². The number of nitrogens with two attached hydrogens (primary N) is 5. The molecule has 0 aliphatic carbocycles. The molecule has 42 nitrogen and oxygen atoms in total. The van der Waals surface area contributed by atoms with E-state index in [0.717, 1.165) is 11.1 Å². The quantitative estimate of drug-likeness (QED) is 0.0587. The average Bonchev–Trinajstić information content (AvgIpc) is 1.63. The van der Waals surface area contributed by atoms with E-state index in [-0.39, 0.29) is 62.1 Å². The van der Waals surface area contributed by atoms with Crippen LogP contribution in [0.25, 0.3) is 22.3 Å². The molecule has 1 amide bonds. The SMILES string of the molecule is C=C1N=C(N)C=CN1C1OC(CO)C(O)C1(F)F.C=C1N=C(N)C=CN1C1OC(CO)C(O)C1O.C=C1N=C(N)N=CN1C1CC(O)C(CO)O1.C=C1NC(=O)C(F)=CN1C1CC(O)C(CO)O1.Cc1nc(N)c2ncn(C3CC(O)C(CO)O3)c2n1.Cc1nc(N)c2ncn(C3OC(CO)C(O)C3F)c2n1. The number of aliphatic hydroxyl groups is 13. The number of aryl methyl sites for hydroxylation is 2. The summed E-state index contributed by atoms with van der Waals surface area (Å²) in [6.45, 7) is 15.5. The first kappa shape index (κ1) is 81.7. The van der Waals surface area contributed by atoms with Crippen LogP contribution < -0.4 is 34.0 Å². The molecule has 14 rings (SSSR count). The Hall–Kier alpha value is -9.41. The Morgan fingerprint density at radius 1 is 0.551 bits per heavy atom. The van der Waals surface area contributed by atoms with Crippen LogP contribution in [0.15, 0.2) is 119 Å². The number of amidine groups is 2. The van der Waals surface area contributed by atoms with Crippen LogP contribution in [0.3, 0.4) is 0 Å². The minimum absolute atomic E-state index is 0.0227. The lowest BCUT2D eigenvalue weighted by Crippen LogP contribution is -2.47. The van der Waals surface area contributed by atoms with Gasteiger partial charge in [-0.1, -0.05) is 26.3 Å². The average molecular weight is 1520 g/mol. The van der Waals surface area contributed by atoms with Gasteiger partial charge in [0.2, 0.25) is 18.0 Å². The maximum absolute atomic E-state index is 14.1. The number of aliphatic imine (C=N–C) groups is 4. The summed E-state index contributed by atoms with van der Waals surface area (Å²) in [5.74, 6) is -2.45. The number of guanidine groups is 1. The Labute approximate surface area is 603 Å². The third kappa shape index (κ3) is 17.9. The second-order valence-electron chi connectivity index (χ2n) is 24.7. The molecule has 4 aromatic rings. The number of imidazole rings is 2. The van der Waals surface area contributed by atoms with Crippen LogP contribution in [0, 0.1) is 13.8 Å². The number of nitrogens with zero attached hydrogens (tertiary/aromatic N) is 16. The molecule has 24 N–H and O–H groups in total. The maximum Gasteiger partial charge on any atom is 0.320 e. The number of carbonyl (C=O) groups excluding carboxylic acids is 1. The number of amides is 1. The summed E-state index contributed by atoms with van der Waals surface area (Å²) in [4.78, 5) is 56.3. The Morgan fingerprint density at radius 2 is 1.00 bits per heavy atom. The third-order valence-corrected chi connectivity index (χ3v) is 17.4. The van der Waals surface area contributed by atoms with Gasteiger partial charge in [-0.2, -0.15) is 18.2 Å². The van der Waals surface area contributed by atoms with Crippen molar-refractivity contribution in [2.45, 2.75) is 162 Å². The molecule has 0 saturated carbocycles. The van der Waals surface area contributed by atoms with Gasteiger partial charge in [0.25, 0.3) is 5.91 Å². The van der Waals surface area contributed by atoms with E-state index in [1.54, 1.807) is 35.8 Å². The minimum atomic E-state index is -3.55. The predicted molar refractivity (Wildman–Crippen MR) is 363 cm³/mol. The molecule has 46 heteroatoms. The van der Waals surface area contributed by atoms with Crippen LogP contribution in [0.5, 0.6) is 0 Å². The van der Waals surface area contributed by atoms with E-state index in [9.17, 15) is 58.1 Å². The van der Waals surface area contributed by atoms with Crippen LogP contribution in [0.4, 0.5) is 29.2 Å². The summed E-state index contributed by atoms with van der Waals surface area (Å²) < 4.78 is 89.8. The summed E-state index contributed by atoms with van der Waals surface area (Å²) in [6, 6.07) is 0. The molecule has 20 atom stereocenters. The summed E-state index contributed by atoms with van der Waals surface area (Å²) in [5.41, 5.74) is 29.6. The van der Waals surface area contributed by atoms with Gasteiger partial charge in [0.1, 0.15) is 138 Å². The Kier molecular flexibility index (Phi) is 26.4. The van der Waals surface area contributed by atoms with Gasteiger partial charge in [-0.3, -0.25) is 18.8 Å². The summed E-state index contributed by atoms with van der Waals surface area (Å²) in [6.07, 6.45) is -7.99. The van der Waals surface area contributed by atoms with E-state index >= 15 is 0 Å². The van der Waals surface area contributed by atoms with Crippen molar-refractivity contribution in [1.82, 2.24) is 64.0 Å². The van der Waals surface area contributed by atoms with Crippen LogP contribution in [0.1, 0.15) is 43.4 Å².